The number of fused-ring (bicyclic) bond motifs is 6. The Morgan fingerprint density at radius 1 is 0.630 bits per heavy atom. The van der Waals surface area contributed by atoms with E-state index in [2.05, 4.69) is 23.6 Å². The normalized spacial score (nSPS) is 29.4. The van der Waals surface area contributed by atoms with Crippen LogP contribution in [0, 0.1) is 5.92 Å². The second kappa shape index (κ2) is 18.2. The van der Waals surface area contributed by atoms with Gasteiger partial charge in [0.1, 0.15) is 5.82 Å². The molecule has 1 aromatic heterocycles. The van der Waals surface area contributed by atoms with Crippen LogP contribution in [0.1, 0.15) is 82.1 Å². The smallest absolute Gasteiger partial charge is 0.378 e. The van der Waals surface area contributed by atoms with Crippen LogP contribution in [-0.4, -0.2) is 125 Å². The third kappa shape index (κ3) is 7.41. The number of carbonyl (C=O) groups is 6. The zero-order valence-electron chi connectivity index (χ0n) is 41.9. The molecular weight excluding hydrogens is 931 g/mol. The highest BCUT2D eigenvalue weighted by atomic mass is 16.6. The summed E-state index contributed by atoms with van der Waals surface area (Å²) in [4.78, 5) is 97.8. The number of nitrogens with zero attached hydrogens (tertiary/aromatic N) is 5. The van der Waals surface area contributed by atoms with Crippen molar-refractivity contribution in [3.05, 3.63) is 113 Å². The Labute approximate surface area is 424 Å². The topological polar surface area (TPSA) is 260 Å². The number of carbonyl (C=O) groups excluding carboxylic acids is 6. The monoisotopic (exact) mass is 995 g/mol. The van der Waals surface area contributed by atoms with E-state index in [9.17, 15) is 24.0 Å². The highest BCUT2D eigenvalue weighted by Crippen LogP contribution is 2.57. The van der Waals surface area contributed by atoms with Crippen molar-refractivity contribution < 1.29 is 43.0 Å². The van der Waals surface area contributed by atoms with Gasteiger partial charge in [0.15, 0.2) is 0 Å². The summed E-state index contributed by atoms with van der Waals surface area (Å²) in [6, 6.07) is 25.9. The summed E-state index contributed by atoms with van der Waals surface area (Å²) >= 11 is 0. The summed E-state index contributed by atoms with van der Waals surface area (Å²) in [5, 5.41) is 0. The lowest BCUT2D eigenvalue weighted by molar-refractivity contribution is -0.167. The number of esters is 2. The lowest BCUT2D eigenvalue weighted by Crippen LogP contribution is -2.78. The molecule has 12 rings (SSSR count). The standard InChI is InChI=1S/C55H65N9O9/c1-33-29-42(41-7-5-23-62(41)54(45(56)65,47(67)72-49(58)69)51(2)30-34-9-16-38(51)17-10-34)64(40-20-13-36(14-21-40)37-15-22-44(60-32-37)61-25-27-71-28-26-61)53(33,4)43-8-6-24-63(43)55(46(57)66,48(68)73-50(59)70)52(3)31-35-11-18-39(52)19-12-35/h9-22,32-33,41-43H,5-8,23-31H2,1-4H3,(H2,56,65)(H2,57,66)(H2,58,69)(H2,59,70)/t33?,41?,42?,43?,51?,52?,53-,54-,55-/m0/s1. The molecule has 8 aliphatic rings. The van der Waals surface area contributed by atoms with Gasteiger partial charge in [-0.2, -0.15) is 0 Å². The number of morpholine rings is 1. The molecular formula is C55H65N9O9. The number of anilines is 2. The van der Waals surface area contributed by atoms with E-state index in [-0.39, 0.29) is 31.8 Å². The number of primary amides is 4. The maximum atomic E-state index is 15.0. The molecule has 3 aromatic carbocycles. The van der Waals surface area contributed by atoms with Gasteiger partial charge in [0.25, 0.3) is 11.8 Å². The van der Waals surface area contributed by atoms with Gasteiger partial charge in [-0.3, -0.25) is 19.4 Å². The molecule has 4 amide bonds. The van der Waals surface area contributed by atoms with Gasteiger partial charge >= 0.3 is 24.1 Å². The molecule has 4 aromatic rings. The van der Waals surface area contributed by atoms with Crippen molar-refractivity contribution in [2.45, 2.75) is 118 Å². The lowest BCUT2D eigenvalue weighted by atomic mass is 9.58. The molecule has 4 fully saturated rings. The number of rotatable bonds is 13. The maximum absolute atomic E-state index is 15.0. The Morgan fingerprint density at radius 2 is 1.14 bits per heavy atom. The van der Waals surface area contributed by atoms with E-state index < -0.39 is 81.5 Å². The number of pyridine rings is 1. The van der Waals surface area contributed by atoms with Crippen molar-refractivity contribution in [1.29, 1.82) is 0 Å². The Morgan fingerprint density at radius 3 is 1.62 bits per heavy atom. The van der Waals surface area contributed by atoms with Crippen LogP contribution < -0.4 is 32.7 Å². The molecule has 9 atom stereocenters. The fraction of sp³-hybridized carbons (Fsp3) is 0.473. The Hall–Kier alpha value is -6.89. The average Bonchev–Trinajstić information content (AvgIpc) is 4.11. The zero-order valence-corrected chi connectivity index (χ0v) is 41.9. The van der Waals surface area contributed by atoms with E-state index >= 15 is 4.79 Å². The van der Waals surface area contributed by atoms with Gasteiger partial charge in [-0.1, -0.05) is 81.4 Å². The summed E-state index contributed by atoms with van der Waals surface area (Å²) < 4.78 is 16.2. The molecule has 18 heteroatoms. The van der Waals surface area contributed by atoms with Crippen molar-refractivity contribution in [1.82, 2.24) is 14.8 Å². The van der Waals surface area contributed by atoms with E-state index in [1.54, 1.807) is 0 Å². The highest BCUT2D eigenvalue weighted by Gasteiger charge is 2.72. The zero-order chi connectivity index (χ0) is 51.8. The SMILES string of the molecule is CC1CC(C2CCCN2[C@@](C(N)=O)(C(=O)OC(N)=O)C2(C)Cc3ccc2cc3)N(c2ccc(-c3ccc(N4CCOCC4)nc3)cc2)[C@]1(C)C1CCCN1[C@@](C(N)=O)(C(=O)OC(N)=O)C1(C)Cc2ccc1cc2. The number of aromatic nitrogens is 1. The second-order valence-electron chi connectivity index (χ2n) is 21.6. The summed E-state index contributed by atoms with van der Waals surface area (Å²) in [5.74, 6) is -3.57. The van der Waals surface area contributed by atoms with Gasteiger partial charge < -0.3 is 46.9 Å². The fourth-order valence-corrected chi connectivity index (χ4v) is 14.7. The summed E-state index contributed by atoms with van der Waals surface area (Å²) in [7, 11) is 0. The molecule has 4 bridgehead atoms. The highest BCUT2D eigenvalue weighted by molar-refractivity contribution is 6.12. The summed E-state index contributed by atoms with van der Waals surface area (Å²) in [6.45, 7) is 11.2. The summed E-state index contributed by atoms with van der Waals surface area (Å²) in [6.07, 6.45) is 2.32. The molecule has 8 N–H and O–H groups in total. The Balaban J connectivity index is 1.13. The average molecular weight is 996 g/mol. The molecule has 6 unspecified atom stereocenters. The van der Waals surface area contributed by atoms with E-state index in [0.717, 1.165) is 46.8 Å². The van der Waals surface area contributed by atoms with Gasteiger partial charge in [-0.25, -0.2) is 24.2 Å². The molecule has 73 heavy (non-hydrogen) atoms. The van der Waals surface area contributed by atoms with E-state index in [1.807, 2.05) is 115 Å². The Bertz CT molecular complexity index is 2840. The summed E-state index contributed by atoms with van der Waals surface area (Å²) in [5.41, 5.74) is 22.1. The van der Waals surface area contributed by atoms with Crippen LogP contribution in [0.15, 0.2) is 91.1 Å². The number of hydrogen-bond donors (Lipinski definition) is 4. The first-order valence-corrected chi connectivity index (χ1v) is 25.4. The Kier molecular flexibility index (Phi) is 12.4. The number of nitrogens with two attached hydrogens (primary N) is 4. The molecule has 4 saturated heterocycles. The van der Waals surface area contributed by atoms with Crippen LogP contribution in [0.3, 0.4) is 0 Å². The quantitative estimate of drug-likeness (QED) is 0.108. The largest absolute Gasteiger partial charge is 0.412 e. The van der Waals surface area contributed by atoms with Crippen molar-refractivity contribution in [2.75, 3.05) is 49.2 Å². The number of benzene rings is 3. The van der Waals surface area contributed by atoms with E-state index in [0.29, 0.717) is 56.4 Å². The van der Waals surface area contributed by atoms with Gasteiger partial charge in [0.05, 0.1) is 18.8 Å². The van der Waals surface area contributed by atoms with Crippen molar-refractivity contribution in [3.8, 4) is 11.1 Å². The second-order valence-corrected chi connectivity index (χ2v) is 21.6. The van der Waals surface area contributed by atoms with Gasteiger partial charge in [0, 0.05) is 72.6 Å². The first-order valence-electron chi connectivity index (χ1n) is 25.4. The predicted octanol–water partition coefficient (Wildman–Crippen LogP) is 4.21. The number of likely N-dealkylation sites (tertiary alicyclic amines) is 2. The molecule has 18 nitrogen and oxygen atoms in total. The minimum Gasteiger partial charge on any atom is -0.378 e. The number of hydrogen-bond acceptors (Lipinski definition) is 14. The number of ether oxygens (including phenoxy) is 3. The minimum atomic E-state index is -2.22. The lowest BCUT2D eigenvalue weighted by Gasteiger charge is -2.58. The predicted molar refractivity (Wildman–Crippen MR) is 271 cm³/mol. The van der Waals surface area contributed by atoms with E-state index in [1.165, 1.54) is 0 Å². The van der Waals surface area contributed by atoms with E-state index in [4.69, 9.17) is 42.1 Å². The molecule has 0 spiro atoms. The molecule has 4 aliphatic heterocycles. The van der Waals surface area contributed by atoms with Crippen LogP contribution >= 0.6 is 0 Å². The van der Waals surface area contributed by atoms with Crippen LogP contribution in [0.2, 0.25) is 0 Å². The van der Waals surface area contributed by atoms with Crippen LogP contribution in [-0.2, 0) is 57.1 Å². The fourth-order valence-electron chi connectivity index (χ4n) is 14.7. The molecule has 384 valence electrons. The van der Waals surface area contributed by atoms with Crippen LogP contribution in [0.5, 0.6) is 0 Å². The first kappa shape index (κ1) is 49.7. The van der Waals surface area contributed by atoms with Gasteiger partial charge in [-0.15, -0.1) is 0 Å². The van der Waals surface area contributed by atoms with Gasteiger partial charge in [-0.05, 0) is 110 Å². The van der Waals surface area contributed by atoms with Crippen molar-refractivity contribution >= 4 is 47.4 Å². The third-order valence-electron chi connectivity index (χ3n) is 18.1. The van der Waals surface area contributed by atoms with Crippen LogP contribution in [0.25, 0.3) is 11.1 Å². The third-order valence-corrected chi connectivity index (χ3v) is 18.1. The van der Waals surface area contributed by atoms with Gasteiger partial charge in [0.2, 0.25) is 11.1 Å². The minimum absolute atomic E-state index is 0.213. The molecule has 5 heterocycles. The van der Waals surface area contributed by atoms with Crippen LogP contribution in [0.4, 0.5) is 21.1 Å². The molecule has 4 aliphatic carbocycles. The molecule has 0 saturated carbocycles. The maximum Gasteiger partial charge on any atom is 0.412 e. The number of amides is 4. The first-order chi connectivity index (χ1) is 34.8. The van der Waals surface area contributed by atoms with Crippen molar-refractivity contribution in [3.63, 3.8) is 0 Å². The molecule has 0 radical (unpaired) electrons. The van der Waals surface area contributed by atoms with Crippen molar-refractivity contribution in [2.24, 2.45) is 28.9 Å².